The van der Waals surface area contributed by atoms with Gasteiger partial charge in [-0.1, -0.05) is 44.9 Å². The monoisotopic (exact) mass is 203 g/mol. The van der Waals surface area contributed by atoms with Crippen molar-refractivity contribution in [3.63, 3.8) is 0 Å². The first-order chi connectivity index (χ1) is 6.24. The lowest BCUT2D eigenvalue weighted by atomic mass is 10.0. The number of nitrogens with zero attached hydrogens (tertiary/aromatic N) is 1. The number of unbranched alkanes of at least 4 members (excludes halogenated alkanes) is 1. The molecule has 3 nitrogen and oxygen atoms in total. The van der Waals surface area contributed by atoms with Crippen molar-refractivity contribution in [2.75, 3.05) is 5.75 Å². The Hall–Kier alpha value is -0.380. The van der Waals surface area contributed by atoms with Gasteiger partial charge in [-0.05, 0) is 12.3 Å². The summed E-state index contributed by atoms with van der Waals surface area (Å²) in [6.45, 7) is 4.44. The Morgan fingerprint density at radius 2 is 2.15 bits per heavy atom. The van der Waals surface area contributed by atoms with Gasteiger partial charge >= 0.3 is 0 Å². The smallest absolute Gasteiger partial charge is 0.177 e. The van der Waals surface area contributed by atoms with Gasteiger partial charge in [-0.25, -0.2) is 0 Å². The van der Waals surface area contributed by atoms with Crippen LogP contribution in [0, 0.1) is 5.92 Å². The summed E-state index contributed by atoms with van der Waals surface area (Å²) in [5.41, 5.74) is 5.49. The van der Waals surface area contributed by atoms with Crippen LogP contribution < -0.4 is 11.6 Å². The van der Waals surface area contributed by atoms with Crippen molar-refractivity contribution in [3.8, 4) is 0 Å². The summed E-state index contributed by atoms with van der Waals surface area (Å²) in [5.74, 6) is 6.84. The average Bonchev–Trinajstić information content (AvgIpc) is 2.17. The maximum absolute atomic E-state index is 5.49. The molecule has 78 valence electrons. The molecule has 0 heterocycles. The van der Waals surface area contributed by atoms with Crippen LogP contribution in [0.1, 0.15) is 39.5 Å². The molecule has 4 heteroatoms. The predicted octanol–water partition coefficient (Wildman–Crippen LogP) is 2.12. The first-order valence-corrected chi connectivity index (χ1v) is 5.89. The van der Waals surface area contributed by atoms with Crippen molar-refractivity contribution in [2.45, 2.75) is 39.5 Å². The highest BCUT2D eigenvalue weighted by Gasteiger charge is 2.06. The van der Waals surface area contributed by atoms with Gasteiger partial charge in [0.05, 0.1) is 0 Å². The summed E-state index contributed by atoms with van der Waals surface area (Å²) >= 11 is 1.56. The molecule has 0 rings (SSSR count). The summed E-state index contributed by atoms with van der Waals surface area (Å²) in [6, 6.07) is 0. The molecule has 13 heavy (non-hydrogen) atoms. The molecule has 0 radical (unpaired) electrons. The third-order valence-electron chi connectivity index (χ3n) is 2.14. The molecule has 0 amide bonds. The summed E-state index contributed by atoms with van der Waals surface area (Å²) in [7, 11) is 0. The normalized spacial score (nSPS) is 14.5. The minimum absolute atomic E-state index is 0.495. The topological polar surface area (TPSA) is 64.4 Å². The Balaban J connectivity index is 3.59. The number of hydrazone groups is 1. The second-order valence-electron chi connectivity index (χ2n) is 3.19. The molecule has 0 aromatic rings. The Labute approximate surface area is 85.3 Å². The molecule has 0 fully saturated rings. The third kappa shape index (κ3) is 6.75. The maximum atomic E-state index is 5.49. The first-order valence-electron chi connectivity index (χ1n) is 4.90. The average molecular weight is 203 g/mol. The van der Waals surface area contributed by atoms with E-state index in [-0.39, 0.29) is 0 Å². The van der Waals surface area contributed by atoms with E-state index in [1.165, 1.54) is 25.7 Å². The highest BCUT2D eigenvalue weighted by molar-refractivity contribution is 8.13. The quantitative estimate of drug-likeness (QED) is 0.301. The fourth-order valence-corrected chi connectivity index (χ4v) is 2.02. The van der Waals surface area contributed by atoms with E-state index in [2.05, 4.69) is 18.9 Å². The Morgan fingerprint density at radius 1 is 1.46 bits per heavy atom. The molecule has 0 aliphatic carbocycles. The van der Waals surface area contributed by atoms with E-state index in [0.29, 0.717) is 5.17 Å². The van der Waals surface area contributed by atoms with Crippen LogP contribution in [0.3, 0.4) is 0 Å². The SMILES string of the molecule is CCCCC(CC)CSC(N)=NN. The van der Waals surface area contributed by atoms with Gasteiger partial charge in [0.2, 0.25) is 0 Å². The zero-order valence-electron chi connectivity index (χ0n) is 8.62. The van der Waals surface area contributed by atoms with E-state index in [4.69, 9.17) is 11.6 Å². The summed E-state index contributed by atoms with van der Waals surface area (Å²) < 4.78 is 0. The molecule has 0 aromatic carbocycles. The molecule has 1 atom stereocenters. The van der Waals surface area contributed by atoms with Crippen LogP contribution in [0.4, 0.5) is 0 Å². The highest BCUT2D eigenvalue weighted by Crippen LogP contribution is 2.17. The molecular weight excluding hydrogens is 182 g/mol. The Bertz CT molecular complexity index is 148. The van der Waals surface area contributed by atoms with E-state index in [0.717, 1.165) is 11.7 Å². The standard InChI is InChI=1S/C9H21N3S/c1-3-5-6-8(4-2)7-13-9(10)12-11/h8H,3-7,11H2,1-2H3,(H2,10,12). The van der Waals surface area contributed by atoms with Gasteiger partial charge in [-0.2, -0.15) is 5.10 Å². The van der Waals surface area contributed by atoms with E-state index in [1.807, 2.05) is 0 Å². The van der Waals surface area contributed by atoms with Crippen LogP contribution in [0.5, 0.6) is 0 Å². The zero-order valence-corrected chi connectivity index (χ0v) is 9.44. The van der Waals surface area contributed by atoms with E-state index in [9.17, 15) is 0 Å². The van der Waals surface area contributed by atoms with Crippen molar-refractivity contribution in [1.29, 1.82) is 0 Å². The van der Waals surface area contributed by atoms with Gasteiger partial charge in [0, 0.05) is 5.75 Å². The van der Waals surface area contributed by atoms with Crippen LogP contribution >= 0.6 is 11.8 Å². The van der Waals surface area contributed by atoms with Crippen molar-refractivity contribution in [1.82, 2.24) is 0 Å². The number of nitrogens with two attached hydrogens (primary N) is 2. The molecule has 4 N–H and O–H groups in total. The van der Waals surface area contributed by atoms with Crippen molar-refractivity contribution < 1.29 is 0 Å². The van der Waals surface area contributed by atoms with E-state index in [1.54, 1.807) is 11.8 Å². The molecule has 0 saturated heterocycles. The van der Waals surface area contributed by atoms with Gasteiger partial charge in [0.25, 0.3) is 0 Å². The minimum Gasteiger partial charge on any atom is -0.377 e. The van der Waals surface area contributed by atoms with Crippen molar-refractivity contribution >= 4 is 16.9 Å². The lowest BCUT2D eigenvalue weighted by Crippen LogP contribution is -2.13. The fraction of sp³-hybridized carbons (Fsp3) is 0.889. The van der Waals surface area contributed by atoms with Gasteiger partial charge in [0.1, 0.15) is 0 Å². The van der Waals surface area contributed by atoms with Gasteiger partial charge in [0.15, 0.2) is 5.17 Å². The first kappa shape index (κ1) is 12.6. The number of thioether (sulfide) groups is 1. The van der Waals surface area contributed by atoms with Crippen LogP contribution in [-0.4, -0.2) is 10.9 Å². The number of rotatable bonds is 6. The minimum atomic E-state index is 0.495. The van der Waals surface area contributed by atoms with Crippen LogP contribution in [-0.2, 0) is 0 Å². The maximum Gasteiger partial charge on any atom is 0.177 e. The second kappa shape index (κ2) is 8.23. The lowest BCUT2D eigenvalue weighted by molar-refractivity contribution is 0.500. The van der Waals surface area contributed by atoms with Crippen LogP contribution in [0.25, 0.3) is 0 Å². The van der Waals surface area contributed by atoms with Gasteiger partial charge in [-0.15, -0.1) is 0 Å². The fourth-order valence-electron chi connectivity index (χ4n) is 1.14. The molecular formula is C9H21N3S. The van der Waals surface area contributed by atoms with E-state index < -0.39 is 0 Å². The number of hydrogen-bond donors (Lipinski definition) is 2. The number of amidine groups is 1. The van der Waals surface area contributed by atoms with Crippen molar-refractivity contribution in [3.05, 3.63) is 0 Å². The Morgan fingerprint density at radius 3 is 2.62 bits per heavy atom. The molecule has 0 saturated carbocycles. The van der Waals surface area contributed by atoms with Gasteiger partial charge < -0.3 is 11.6 Å². The number of hydrogen-bond acceptors (Lipinski definition) is 3. The largest absolute Gasteiger partial charge is 0.377 e. The third-order valence-corrected chi connectivity index (χ3v) is 3.18. The highest BCUT2D eigenvalue weighted by atomic mass is 32.2. The van der Waals surface area contributed by atoms with Gasteiger partial charge in [-0.3, -0.25) is 0 Å². The van der Waals surface area contributed by atoms with Crippen molar-refractivity contribution in [2.24, 2.45) is 22.6 Å². The zero-order chi connectivity index (χ0) is 10.1. The predicted molar refractivity (Wildman–Crippen MR) is 61.6 cm³/mol. The van der Waals surface area contributed by atoms with Crippen LogP contribution in [0.15, 0.2) is 5.10 Å². The summed E-state index contributed by atoms with van der Waals surface area (Å²) in [6.07, 6.45) is 5.07. The summed E-state index contributed by atoms with van der Waals surface area (Å²) in [4.78, 5) is 0. The molecule has 0 aliphatic rings. The Kier molecular flexibility index (Phi) is 7.99. The molecule has 0 bridgehead atoms. The summed E-state index contributed by atoms with van der Waals surface area (Å²) in [5, 5.41) is 3.93. The molecule has 0 spiro atoms. The van der Waals surface area contributed by atoms with E-state index >= 15 is 0 Å². The molecule has 1 unspecified atom stereocenters. The molecule has 0 aromatic heterocycles. The molecule has 0 aliphatic heterocycles. The van der Waals surface area contributed by atoms with Crippen LogP contribution in [0.2, 0.25) is 0 Å². The second-order valence-corrected chi connectivity index (χ2v) is 4.24. The lowest BCUT2D eigenvalue weighted by Gasteiger charge is -2.12.